The van der Waals surface area contributed by atoms with E-state index in [9.17, 15) is 9.59 Å². The predicted octanol–water partition coefficient (Wildman–Crippen LogP) is 1.84. The number of hydrogen-bond acceptors (Lipinski definition) is 4. The van der Waals surface area contributed by atoms with Crippen LogP contribution in [0.25, 0.3) is 0 Å². The minimum absolute atomic E-state index is 0.0452. The fourth-order valence-corrected chi connectivity index (χ4v) is 1.80. The van der Waals surface area contributed by atoms with Crippen LogP contribution in [0.3, 0.4) is 0 Å². The first-order valence-electron chi connectivity index (χ1n) is 5.70. The molecule has 0 spiro atoms. The van der Waals surface area contributed by atoms with E-state index >= 15 is 0 Å². The maximum absolute atomic E-state index is 11.5. The molecule has 0 aromatic heterocycles. The third-order valence-corrected chi connectivity index (χ3v) is 2.68. The molecule has 4 heteroatoms. The van der Waals surface area contributed by atoms with Crippen molar-refractivity contribution in [3.05, 3.63) is 12.7 Å². The van der Waals surface area contributed by atoms with E-state index < -0.39 is 5.97 Å². The monoisotopic (exact) mass is 226 g/mol. The van der Waals surface area contributed by atoms with Crippen molar-refractivity contribution in [2.45, 2.75) is 32.1 Å². The van der Waals surface area contributed by atoms with Gasteiger partial charge in [-0.25, -0.2) is 4.79 Å². The molecule has 0 saturated heterocycles. The summed E-state index contributed by atoms with van der Waals surface area (Å²) in [5, 5.41) is 0. The highest BCUT2D eigenvalue weighted by Crippen LogP contribution is 2.24. The molecule has 0 atom stereocenters. The van der Waals surface area contributed by atoms with Crippen molar-refractivity contribution in [2.75, 3.05) is 13.2 Å². The van der Waals surface area contributed by atoms with Crippen LogP contribution in [0.2, 0.25) is 0 Å². The van der Waals surface area contributed by atoms with Gasteiger partial charge in [-0.2, -0.15) is 0 Å². The topological polar surface area (TPSA) is 52.6 Å². The zero-order chi connectivity index (χ0) is 11.8. The van der Waals surface area contributed by atoms with Crippen LogP contribution < -0.4 is 0 Å². The Bertz CT molecular complexity index is 254. The van der Waals surface area contributed by atoms with Crippen molar-refractivity contribution in [3.63, 3.8) is 0 Å². The maximum atomic E-state index is 11.5. The summed E-state index contributed by atoms with van der Waals surface area (Å²) in [4.78, 5) is 22.2. The zero-order valence-electron chi connectivity index (χ0n) is 9.44. The number of hydrogen-bond donors (Lipinski definition) is 0. The summed E-state index contributed by atoms with van der Waals surface area (Å²) < 4.78 is 9.72. The molecule has 1 rings (SSSR count). The van der Waals surface area contributed by atoms with E-state index in [1.165, 1.54) is 6.42 Å². The highest BCUT2D eigenvalue weighted by atomic mass is 16.6. The lowest BCUT2D eigenvalue weighted by molar-refractivity contribution is -0.154. The Morgan fingerprint density at radius 1 is 1.12 bits per heavy atom. The third-order valence-electron chi connectivity index (χ3n) is 2.68. The van der Waals surface area contributed by atoms with Gasteiger partial charge in [-0.1, -0.05) is 25.8 Å². The van der Waals surface area contributed by atoms with Gasteiger partial charge in [0, 0.05) is 6.08 Å². The average Bonchev–Trinajstić information content (AvgIpc) is 2.35. The van der Waals surface area contributed by atoms with Gasteiger partial charge in [0.1, 0.15) is 13.2 Å². The summed E-state index contributed by atoms with van der Waals surface area (Å²) >= 11 is 0. The molecular weight excluding hydrogens is 208 g/mol. The van der Waals surface area contributed by atoms with Crippen LogP contribution in [0.4, 0.5) is 0 Å². The Morgan fingerprint density at radius 2 is 1.75 bits per heavy atom. The Balaban J connectivity index is 2.09. The van der Waals surface area contributed by atoms with E-state index in [1.807, 2.05) is 0 Å². The van der Waals surface area contributed by atoms with Crippen LogP contribution in [-0.4, -0.2) is 25.2 Å². The number of ether oxygens (including phenoxy) is 2. The molecule has 0 N–H and O–H groups in total. The SMILES string of the molecule is C=CC(=O)OCCOC(=O)C1CCCCC1. The number of carbonyl (C=O) groups is 2. The minimum atomic E-state index is -0.492. The van der Waals surface area contributed by atoms with E-state index in [0.717, 1.165) is 31.8 Å². The van der Waals surface area contributed by atoms with Crippen LogP contribution in [0.1, 0.15) is 32.1 Å². The fourth-order valence-electron chi connectivity index (χ4n) is 1.80. The van der Waals surface area contributed by atoms with Gasteiger partial charge in [-0.05, 0) is 12.8 Å². The molecule has 1 aliphatic carbocycles. The minimum Gasteiger partial charge on any atom is -0.462 e. The van der Waals surface area contributed by atoms with E-state index in [4.69, 9.17) is 9.47 Å². The standard InChI is InChI=1S/C12H18O4/c1-2-11(13)15-8-9-16-12(14)10-6-4-3-5-7-10/h2,10H,1,3-9H2. The lowest BCUT2D eigenvalue weighted by atomic mass is 9.89. The Hall–Kier alpha value is -1.32. The molecule has 4 nitrogen and oxygen atoms in total. The summed E-state index contributed by atoms with van der Waals surface area (Å²) in [7, 11) is 0. The van der Waals surface area contributed by atoms with Crippen molar-refractivity contribution in [3.8, 4) is 0 Å². The number of carbonyl (C=O) groups excluding carboxylic acids is 2. The molecule has 0 unspecified atom stereocenters. The Morgan fingerprint density at radius 3 is 2.38 bits per heavy atom. The van der Waals surface area contributed by atoms with Crippen LogP contribution in [0, 0.1) is 5.92 Å². The second kappa shape index (κ2) is 7.04. The molecule has 90 valence electrons. The average molecular weight is 226 g/mol. The molecule has 0 aromatic rings. The number of rotatable bonds is 5. The second-order valence-corrected chi connectivity index (χ2v) is 3.87. The van der Waals surface area contributed by atoms with Crippen LogP contribution >= 0.6 is 0 Å². The maximum Gasteiger partial charge on any atom is 0.330 e. The highest BCUT2D eigenvalue weighted by molar-refractivity contribution is 5.81. The molecular formula is C12H18O4. The van der Waals surface area contributed by atoms with Crippen LogP contribution in [0.15, 0.2) is 12.7 Å². The van der Waals surface area contributed by atoms with Gasteiger partial charge >= 0.3 is 11.9 Å². The van der Waals surface area contributed by atoms with Crippen molar-refractivity contribution in [1.82, 2.24) is 0 Å². The zero-order valence-corrected chi connectivity index (χ0v) is 9.44. The summed E-state index contributed by atoms with van der Waals surface area (Å²) in [5.41, 5.74) is 0. The van der Waals surface area contributed by atoms with Crippen molar-refractivity contribution in [1.29, 1.82) is 0 Å². The molecule has 0 heterocycles. The van der Waals surface area contributed by atoms with Crippen LogP contribution in [0.5, 0.6) is 0 Å². The molecule has 0 bridgehead atoms. The van der Waals surface area contributed by atoms with E-state index in [0.29, 0.717) is 0 Å². The van der Waals surface area contributed by atoms with Gasteiger partial charge in [0.15, 0.2) is 0 Å². The lowest BCUT2D eigenvalue weighted by Crippen LogP contribution is -2.22. The van der Waals surface area contributed by atoms with Gasteiger partial charge in [0.05, 0.1) is 5.92 Å². The van der Waals surface area contributed by atoms with E-state index in [-0.39, 0.29) is 25.1 Å². The fraction of sp³-hybridized carbons (Fsp3) is 0.667. The largest absolute Gasteiger partial charge is 0.462 e. The summed E-state index contributed by atoms with van der Waals surface area (Å²) in [6.07, 6.45) is 6.34. The van der Waals surface area contributed by atoms with Crippen molar-refractivity contribution < 1.29 is 19.1 Å². The molecule has 0 amide bonds. The Kier molecular flexibility index (Phi) is 5.61. The first-order valence-corrected chi connectivity index (χ1v) is 5.70. The van der Waals surface area contributed by atoms with E-state index in [1.54, 1.807) is 0 Å². The molecule has 1 saturated carbocycles. The Labute approximate surface area is 95.6 Å². The molecule has 0 radical (unpaired) electrons. The van der Waals surface area contributed by atoms with Gasteiger partial charge in [-0.15, -0.1) is 0 Å². The summed E-state index contributed by atoms with van der Waals surface area (Å²) in [5.74, 6) is -0.605. The van der Waals surface area contributed by atoms with Crippen LogP contribution in [-0.2, 0) is 19.1 Å². The normalized spacial score (nSPS) is 16.5. The predicted molar refractivity (Wildman–Crippen MR) is 58.7 cm³/mol. The third kappa shape index (κ3) is 4.47. The second-order valence-electron chi connectivity index (χ2n) is 3.87. The molecule has 0 aromatic carbocycles. The smallest absolute Gasteiger partial charge is 0.330 e. The molecule has 1 fully saturated rings. The molecule has 0 aliphatic heterocycles. The van der Waals surface area contributed by atoms with Gasteiger partial charge in [0.2, 0.25) is 0 Å². The quantitative estimate of drug-likeness (QED) is 0.408. The highest BCUT2D eigenvalue weighted by Gasteiger charge is 2.22. The van der Waals surface area contributed by atoms with Gasteiger partial charge in [-0.3, -0.25) is 4.79 Å². The van der Waals surface area contributed by atoms with Crippen molar-refractivity contribution in [2.24, 2.45) is 5.92 Å². The summed E-state index contributed by atoms with van der Waals surface area (Å²) in [6.45, 7) is 3.50. The number of esters is 2. The van der Waals surface area contributed by atoms with Gasteiger partial charge in [0.25, 0.3) is 0 Å². The lowest BCUT2D eigenvalue weighted by Gasteiger charge is -2.19. The molecule has 1 aliphatic rings. The molecule has 16 heavy (non-hydrogen) atoms. The summed E-state index contributed by atoms with van der Waals surface area (Å²) in [6, 6.07) is 0. The van der Waals surface area contributed by atoms with Gasteiger partial charge < -0.3 is 9.47 Å². The van der Waals surface area contributed by atoms with E-state index in [2.05, 4.69) is 6.58 Å². The first-order chi connectivity index (χ1) is 7.74. The first kappa shape index (κ1) is 12.7. The van der Waals surface area contributed by atoms with Crippen molar-refractivity contribution >= 4 is 11.9 Å².